The quantitative estimate of drug-likeness (QED) is 0.665. The molecule has 1 saturated heterocycles. The molecule has 2 aromatic carbocycles. The molecule has 2 heterocycles. The van der Waals surface area contributed by atoms with Gasteiger partial charge in [0.15, 0.2) is 0 Å². The van der Waals surface area contributed by atoms with E-state index in [2.05, 4.69) is 16.7 Å². The fourth-order valence-corrected chi connectivity index (χ4v) is 3.93. The number of carbonyl (C=O) groups is 1. The Balaban J connectivity index is 1.48. The molecule has 31 heavy (non-hydrogen) atoms. The number of amides is 1. The Morgan fingerprint density at radius 2 is 2.19 bits per heavy atom. The molecule has 0 bridgehead atoms. The number of benzene rings is 2. The van der Waals surface area contributed by atoms with Gasteiger partial charge in [-0.3, -0.25) is 4.79 Å². The maximum atomic E-state index is 14.9. The van der Waals surface area contributed by atoms with Crippen molar-refractivity contribution >= 4 is 16.8 Å². The largest absolute Gasteiger partial charge is 0.367 e. The number of para-hydroxylation sites is 1. The van der Waals surface area contributed by atoms with Gasteiger partial charge in [0.25, 0.3) is 5.91 Å². The van der Waals surface area contributed by atoms with Gasteiger partial charge >= 0.3 is 0 Å². The van der Waals surface area contributed by atoms with Gasteiger partial charge in [-0.2, -0.15) is 5.26 Å². The number of nitriles is 1. The predicted octanol–water partition coefficient (Wildman–Crippen LogP) is 2.91. The lowest BCUT2D eigenvalue weighted by Crippen LogP contribution is -2.46. The summed E-state index contributed by atoms with van der Waals surface area (Å²) >= 11 is 0. The number of halogens is 1. The zero-order valence-electron chi connectivity index (χ0n) is 17.4. The topological polar surface area (TPSA) is 79.1 Å². The van der Waals surface area contributed by atoms with Gasteiger partial charge in [0.05, 0.1) is 6.07 Å². The third-order valence-electron chi connectivity index (χ3n) is 5.64. The van der Waals surface area contributed by atoms with E-state index in [9.17, 15) is 14.4 Å². The minimum absolute atomic E-state index is 0.0869. The number of ether oxygens (including phenoxy) is 1. The van der Waals surface area contributed by atoms with E-state index >= 15 is 0 Å². The number of aromatic nitrogens is 1. The normalized spacial score (nSPS) is 17.6. The Bertz CT molecular complexity index is 1130. The molecule has 0 radical (unpaired) electrons. The van der Waals surface area contributed by atoms with E-state index < -0.39 is 18.0 Å². The highest BCUT2D eigenvalue weighted by molar-refractivity contribution is 5.87. The van der Waals surface area contributed by atoms with Crippen molar-refractivity contribution in [2.24, 2.45) is 7.05 Å². The molecule has 1 aromatic heterocycles. The molecule has 0 aliphatic carbocycles. The zero-order valence-corrected chi connectivity index (χ0v) is 17.4. The Morgan fingerprint density at radius 3 is 2.97 bits per heavy atom. The van der Waals surface area contributed by atoms with E-state index in [-0.39, 0.29) is 12.3 Å². The Hall–Kier alpha value is -3.21. The van der Waals surface area contributed by atoms with Crippen molar-refractivity contribution in [1.82, 2.24) is 15.2 Å². The van der Waals surface area contributed by atoms with Crippen LogP contribution in [0.25, 0.3) is 22.2 Å². The summed E-state index contributed by atoms with van der Waals surface area (Å²) in [7, 11) is 1.95. The summed E-state index contributed by atoms with van der Waals surface area (Å²) in [5.41, 5.74) is 3.13. The highest BCUT2D eigenvalue weighted by atomic mass is 19.1. The number of fused-ring (bicyclic) bond motifs is 1. The van der Waals surface area contributed by atoms with Crippen LogP contribution < -0.4 is 10.6 Å². The molecule has 0 unspecified atom stereocenters. The van der Waals surface area contributed by atoms with Crippen LogP contribution in [-0.2, 0) is 23.0 Å². The number of nitrogens with one attached hydrogen (secondary N) is 2. The van der Waals surface area contributed by atoms with Crippen molar-refractivity contribution in [2.75, 3.05) is 19.7 Å². The van der Waals surface area contributed by atoms with E-state index in [0.29, 0.717) is 18.7 Å². The summed E-state index contributed by atoms with van der Waals surface area (Å²) in [6.45, 7) is 1.68. The van der Waals surface area contributed by atoms with Crippen molar-refractivity contribution < 1.29 is 13.9 Å². The average Bonchev–Trinajstić information content (AvgIpc) is 2.95. The molecule has 1 aliphatic heterocycles. The molecule has 1 amide bonds. The molecule has 4 rings (SSSR count). The second kappa shape index (κ2) is 9.29. The molecule has 1 fully saturated rings. The molecular formula is C24H25FN4O2. The van der Waals surface area contributed by atoms with Gasteiger partial charge in [-0.1, -0.05) is 30.3 Å². The van der Waals surface area contributed by atoms with Gasteiger partial charge in [-0.25, -0.2) is 4.39 Å². The summed E-state index contributed by atoms with van der Waals surface area (Å²) in [4.78, 5) is 12.4. The third kappa shape index (κ3) is 4.61. The van der Waals surface area contributed by atoms with Crippen molar-refractivity contribution in [3.63, 3.8) is 0 Å². The predicted molar refractivity (Wildman–Crippen MR) is 117 cm³/mol. The summed E-state index contributed by atoms with van der Waals surface area (Å²) < 4.78 is 22.5. The monoisotopic (exact) mass is 420 g/mol. The molecule has 3 aromatic rings. The van der Waals surface area contributed by atoms with Crippen LogP contribution in [0.5, 0.6) is 0 Å². The van der Waals surface area contributed by atoms with Crippen LogP contribution in [0.3, 0.4) is 0 Å². The molecule has 7 heteroatoms. The summed E-state index contributed by atoms with van der Waals surface area (Å²) in [6, 6.07) is 16.3. The lowest BCUT2D eigenvalue weighted by atomic mass is 10.0. The second-order valence-electron chi connectivity index (χ2n) is 7.77. The second-order valence-corrected chi connectivity index (χ2v) is 7.77. The third-order valence-corrected chi connectivity index (χ3v) is 5.64. The molecular weight excluding hydrogens is 395 g/mol. The maximum Gasteiger partial charge on any atom is 0.251 e. The summed E-state index contributed by atoms with van der Waals surface area (Å²) in [5.74, 6) is -0.752. The minimum Gasteiger partial charge on any atom is -0.367 e. The van der Waals surface area contributed by atoms with Crippen molar-refractivity contribution in [2.45, 2.75) is 25.0 Å². The number of hydrogen-bond acceptors (Lipinski definition) is 4. The Labute approximate surface area is 180 Å². The Kier molecular flexibility index (Phi) is 6.31. The first-order valence-electron chi connectivity index (χ1n) is 10.4. The Morgan fingerprint density at radius 1 is 1.35 bits per heavy atom. The average molecular weight is 420 g/mol. The first-order chi connectivity index (χ1) is 15.1. The molecule has 160 valence electrons. The van der Waals surface area contributed by atoms with Gasteiger partial charge in [-0.15, -0.1) is 0 Å². The smallest absolute Gasteiger partial charge is 0.251 e. The number of hydrogen-bond donors (Lipinski definition) is 2. The van der Waals surface area contributed by atoms with Gasteiger partial charge < -0.3 is 19.9 Å². The number of nitrogens with zero attached hydrogens (tertiary/aromatic N) is 2. The minimum atomic E-state index is -0.836. The van der Waals surface area contributed by atoms with E-state index in [1.54, 1.807) is 6.07 Å². The van der Waals surface area contributed by atoms with E-state index in [4.69, 9.17) is 4.74 Å². The zero-order chi connectivity index (χ0) is 21.8. The van der Waals surface area contributed by atoms with Gasteiger partial charge in [-0.05, 0) is 36.7 Å². The van der Waals surface area contributed by atoms with Gasteiger partial charge in [0, 0.05) is 48.8 Å². The molecule has 0 saturated carbocycles. The van der Waals surface area contributed by atoms with Crippen molar-refractivity contribution in [1.29, 1.82) is 5.26 Å². The first-order valence-corrected chi connectivity index (χ1v) is 10.4. The molecule has 2 atom stereocenters. The van der Waals surface area contributed by atoms with Crippen LogP contribution in [0.1, 0.15) is 12.0 Å². The van der Waals surface area contributed by atoms with Gasteiger partial charge in [0.2, 0.25) is 0 Å². The van der Waals surface area contributed by atoms with Crippen molar-refractivity contribution in [3.05, 3.63) is 59.9 Å². The summed E-state index contributed by atoms with van der Waals surface area (Å²) in [6.07, 6.45) is 0.278. The van der Waals surface area contributed by atoms with Crippen LogP contribution >= 0.6 is 0 Å². The summed E-state index contributed by atoms with van der Waals surface area (Å²) in [5, 5.41) is 16.4. The standard InChI is InChI=1S/C24H25FN4O2/c1-29-21-6-3-2-5-17(21)13-22(29)18-8-7-16(20(25)12-18)11-19(14-26)28-24(30)23-15-27-9-4-10-31-23/h2-3,5-8,12-13,19,23,27H,4,9-11,15H2,1H3,(H,28,30)/t19-,23-/m0/s1. The number of aryl methyl sites for hydroxylation is 1. The number of rotatable bonds is 5. The fourth-order valence-electron chi connectivity index (χ4n) is 3.93. The van der Waals surface area contributed by atoms with Crippen LogP contribution in [0.2, 0.25) is 0 Å². The van der Waals surface area contributed by atoms with Crippen molar-refractivity contribution in [3.8, 4) is 17.3 Å². The van der Waals surface area contributed by atoms with Crippen LogP contribution in [-0.4, -0.2) is 42.3 Å². The molecule has 6 nitrogen and oxygen atoms in total. The molecule has 1 aliphatic rings. The highest BCUT2D eigenvalue weighted by Crippen LogP contribution is 2.28. The maximum absolute atomic E-state index is 14.9. The molecule has 2 N–H and O–H groups in total. The number of carbonyl (C=O) groups excluding carboxylic acids is 1. The van der Waals surface area contributed by atoms with Crippen LogP contribution in [0.15, 0.2) is 48.5 Å². The van der Waals surface area contributed by atoms with E-state index in [0.717, 1.165) is 35.1 Å². The SMILES string of the molecule is Cn1c(-c2ccc(C[C@@H](C#N)NC(=O)[C@@H]3CNCCCO3)c(F)c2)cc2ccccc21. The first kappa shape index (κ1) is 21.0. The lowest BCUT2D eigenvalue weighted by Gasteiger charge is -2.18. The fraction of sp³-hybridized carbons (Fsp3) is 0.333. The van der Waals surface area contributed by atoms with Crippen LogP contribution in [0.4, 0.5) is 4.39 Å². The lowest BCUT2D eigenvalue weighted by molar-refractivity contribution is -0.132. The van der Waals surface area contributed by atoms with E-state index in [1.165, 1.54) is 6.07 Å². The van der Waals surface area contributed by atoms with Gasteiger partial charge in [0.1, 0.15) is 18.0 Å². The molecule has 0 spiro atoms. The highest BCUT2D eigenvalue weighted by Gasteiger charge is 2.24. The van der Waals surface area contributed by atoms with Crippen LogP contribution in [0, 0.1) is 17.1 Å². The van der Waals surface area contributed by atoms with E-state index in [1.807, 2.05) is 48.0 Å².